The van der Waals surface area contributed by atoms with Gasteiger partial charge >= 0.3 is 0 Å². The average molecular weight is 324 g/mol. The molecule has 2 rings (SSSR count). The third kappa shape index (κ3) is 4.72. The van der Waals surface area contributed by atoms with Crippen molar-refractivity contribution in [3.05, 3.63) is 69.7 Å². The highest BCUT2D eigenvalue weighted by molar-refractivity contribution is 6.33. The Hall–Kier alpha value is -1.06. The molecule has 0 saturated carbocycles. The van der Waals surface area contributed by atoms with Gasteiger partial charge in [-0.05, 0) is 29.7 Å². The smallest absolute Gasteiger partial charge is 0.0929 e. The molecule has 0 aliphatic carbocycles. The Morgan fingerprint density at radius 3 is 2.48 bits per heavy atom. The molecular weight excluding hydrogens is 305 g/mol. The van der Waals surface area contributed by atoms with Crippen LogP contribution in [0.3, 0.4) is 0 Å². The summed E-state index contributed by atoms with van der Waals surface area (Å²) < 4.78 is 0. The van der Waals surface area contributed by atoms with E-state index in [1.54, 1.807) is 18.2 Å². The second kappa shape index (κ2) is 7.81. The predicted molar refractivity (Wildman–Crippen MR) is 89.1 cm³/mol. The van der Waals surface area contributed by atoms with Crippen molar-refractivity contribution in [1.82, 2.24) is 5.32 Å². The molecule has 0 fully saturated rings. The van der Waals surface area contributed by atoms with E-state index in [0.29, 0.717) is 28.1 Å². The van der Waals surface area contributed by atoms with Crippen LogP contribution in [0.25, 0.3) is 0 Å². The molecule has 0 radical (unpaired) electrons. The maximum absolute atomic E-state index is 10.2. The van der Waals surface area contributed by atoms with Crippen LogP contribution in [0, 0.1) is 0 Å². The normalized spacial score (nSPS) is 13.9. The molecule has 0 saturated heterocycles. The lowest BCUT2D eigenvalue weighted by molar-refractivity contribution is 0.174. The topological polar surface area (TPSA) is 32.3 Å². The lowest BCUT2D eigenvalue weighted by Crippen LogP contribution is -2.25. The Kier molecular flexibility index (Phi) is 6.07. The van der Waals surface area contributed by atoms with Gasteiger partial charge < -0.3 is 10.4 Å². The third-order valence-electron chi connectivity index (χ3n) is 3.47. The van der Waals surface area contributed by atoms with Gasteiger partial charge in [0.25, 0.3) is 0 Å². The van der Waals surface area contributed by atoms with Crippen LogP contribution in [0.2, 0.25) is 10.0 Å². The lowest BCUT2D eigenvalue weighted by Gasteiger charge is -2.17. The third-order valence-corrected chi connectivity index (χ3v) is 4.05. The number of hydrogen-bond donors (Lipinski definition) is 2. The van der Waals surface area contributed by atoms with E-state index in [9.17, 15) is 5.11 Å². The molecule has 0 amide bonds. The number of aliphatic hydroxyl groups is 1. The van der Waals surface area contributed by atoms with Crippen LogP contribution in [0.15, 0.2) is 48.5 Å². The van der Waals surface area contributed by atoms with Gasteiger partial charge in [0.2, 0.25) is 0 Å². The molecule has 0 bridgehead atoms. The maximum Gasteiger partial charge on any atom is 0.0929 e. The zero-order chi connectivity index (χ0) is 15.2. The molecule has 4 heteroatoms. The van der Waals surface area contributed by atoms with Gasteiger partial charge in [0, 0.05) is 28.7 Å². The van der Waals surface area contributed by atoms with E-state index in [0.717, 1.165) is 6.54 Å². The van der Waals surface area contributed by atoms with Crippen LogP contribution in [0.1, 0.15) is 30.1 Å². The first-order valence-corrected chi connectivity index (χ1v) is 7.72. The molecule has 0 spiro atoms. The van der Waals surface area contributed by atoms with Crippen molar-refractivity contribution in [3.8, 4) is 0 Å². The summed E-state index contributed by atoms with van der Waals surface area (Å²) in [7, 11) is 0. The first-order chi connectivity index (χ1) is 10.1. The van der Waals surface area contributed by atoms with E-state index in [4.69, 9.17) is 23.2 Å². The second-order valence-corrected chi connectivity index (χ2v) is 6.00. The summed E-state index contributed by atoms with van der Waals surface area (Å²) in [5.41, 5.74) is 1.93. The number of benzene rings is 2. The quantitative estimate of drug-likeness (QED) is 0.824. The highest BCUT2D eigenvalue weighted by atomic mass is 35.5. The highest BCUT2D eigenvalue weighted by Gasteiger charge is 2.13. The fourth-order valence-electron chi connectivity index (χ4n) is 2.22. The zero-order valence-corrected chi connectivity index (χ0v) is 13.4. The Morgan fingerprint density at radius 2 is 1.76 bits per heavy atom. The van der Waals surface area contributed by atoms with E-state index in [2.05, 4.69) is 24.4 Å². The fraction of sp³-hybridized carbons (Fsp3) is 0.294. The molecule has 2 aromatic carbocycles. The van der Waals surface area contributed by atoms with Crippen molar-refractivity contribution in [2.75, 3.05) is 13.1 Å². The summed E-state index contributed by atoms with van der Waals surface area (Å²) in [4.78, 5) is 0. The number of hydrogen-bond acceptors (Lipinski definition) is 2. The lowest BCUT2D eigenvalue weighted by atomic mass is 10.0. The minimum atomic E-state index is -0.667. The molecule has 2 unspecified atom stereocenters. The molecule has 112 valence electrons. The highest BCUT2D eigenvalue weighted by Crippen LogP contribution is 2.26. The number of nitrogens with one attached hydrogen (secondary N) is 1. The van der Waals surface area contributed by atoms with E-state index >= 15 is 0 Å². The second-order valence-electron chi connectivity index (χ2n) is 5.15. The van der Waals surface area contributed by atoms with Crippen LogP contribution >= 0.6 is 23.2 Å². The van der Waals surface area contributed by atoms with Crippen molar-refractivity contribution in [2.45, 2.75) is 18.9 Å². The van der Waals surface area contributed by atoms with Gasteiger partial charge in [-0.3, -0.25) is 0 Å². The van der Waals surface area contributed by atoms with Crippen molar-refractivity contribution in [3.63, 3.8) is 0 Å². The van der Waals surface area contributed by atoms with Crippen LogP contribution in [-0.4, -0.2) is 18.2 Å². The van der Waals surface area contributed by atoms with Crippen LogP contribution in [0.4, 0.5) is 0 Å². The molecule has 2 nitrogen and oxygen atoms in total. The Balaban J connectivity index is 1.87. The van der Waals surface area contributed by atoms with E-state index < -0.39 is 6.10 Å². The summed E-state index contributed by atoms with van der Waals surface area (Å²) in [6.07, 6.45) is -0.667. The molecule has 21 heavy (non-hydrogen) atoms. The van der Waals surface area contributed by atoms with Crippen molar-refractivity contribution < 1.29 is 5.11 Å². The SMILES string of the molecule is CC(CNCC(O)c1cc(Cl)ccc1Cl)c1ccccc1. The molecule has 0 aliphatic rings. The van der Waals surface area contributed by atoms with Gasteiger partial charge in [-0.25, -0.2) is 0 Å². The van der Waals surface area contributed by atoms with Crippen molar-refractivity contribution in [2.24, 2.45) is 0 Å². The molecule has 2 aromatic rings. The maximum atomic E-state index is 10.2. The largest absolute Gasteiger partial charge is 0.387 e. The summed E-state index contributed by atoms with van der Waals surface area (Å²) in [5.74, 6) is 0.383. The molecule has 0 aromatic heterocycles. The summed E-state index contributed by atoms with van der Waals surface area (Å²) in [5, 5.41) is 14.6. The fourth-order valence-corrected chi connectivity index (χ4v) is 2.64. The van der Waals surface area contributed by atoms with Crippen LogP contribution < -0.4 is 5.32 Å². The molecule has 2 N–H and O–H groups in total. The predicted octanol–water partition coefficient (Wildman–Crippen LogP) is 4.42. The van der Waals surface area contributed by atoms with Gasteiger partial charge in [-0.2, -0.15) is 0 Å². The van der Waals surface area contributed by atoms with Gasteiger partial charge in [0.1, 0.15) is 0 Å². The van der Waals surface area contributed by atoms with E-state index in [-0.39, 0.29) is 0 Å². The Morgan fingerprint density at radius 1 is 1.05 bits per heavy atom. The summed E-state index contributed by atoms with van der Waals surface area (Å²) in [6, 6.07) is 15.4. The van der Waals surface area contributed by atoms with Crippen molar-refractivity contribution >= 4 is 23.2 Å². The standard InChI is InChI=1S/C17H19Cl2NO/c1-12(13-5-3-2-4-6-13)10-20-11-17(21)15-9-14(18)7-8-16(15)19/h2-9,12,17,20-21H,10-11H2,1H3. The first kappa shape index (κ1) is 16.3. The minimum absolute atomic E-state index is 0.383. The summed E-state index contributed by atoms with van der Waals surface area (Å²) in [6.45, 7) is 3.39. The van der Waals surface area contributed by atoms with Crippen LogP contribution in [0.5, 0.6) is 0 Å². The Bertz CT molecular complexity index is 574. The molecule has 0 heterocycles. The monoisotopic (exact) mass is 323 g/mol. The average Bonchev–Trinajstić information content (AvgIpc) is 2.50. The molecular formula is C17H19Cl2NO. The van der Waals surface area contributed by atoms with Gasteiger partial charge in [-0.15, -0.1) is 0 Å². The van der Waals surface area contributed by atoms with E-state index in [1.807, 2.05) is 18.2 Å². The number of aliphatic hydroxyl groups excluding tert-OH is 1. The van der Waals surface area contributed by atoms with Gasteiger partial charge in [0.05, 0.1) is 6.10 Å². The first-order valence-electron chi connectivity index (χ1n) is 6.96. The Labute approximate surface area is 135 Å². The molecule has 2 atom stereocenters. The zero-order valence-electron chi connectivity index (χ0n) is 11.9. The van der Waals surface area contributed by atoms with Gasteiger partial charge in [-0.1, -0.05) is 60.5 Å². The number of halogens is 2. The van der Waals surface area contributed by atoms with Crippen molar-refractivity contribution in [1.29, 1.82) is 0 Å². The van der Waals surface area contributed by atoms with Crippen LogP contribution in [-0.2, 0) is 0 Å². The van der Waals surface area contributed by atoms with E-state index in [1.165, 1.54) is 5.56 Å². The molecule has 0 aliphatic heterocycles. The minimum Gasteiger partial charge on any atom is -0.387 e. The summed E-state index contributed by atoms with van der Waals surface area (Å²) >= 11 is 12.0. The van der Waals surface area contributed by atoms with Gasteiger partial charge in [0.15, 0.2) is 0 Å². The number of rotatable bonds is 6.